The molecule has 7 heteroatoms. The van der Waals surface area contributed by atoms with E-state index in [1.807, 2.05) is 6.07 Å². The predicted molar refractivity (Wildman–Crippen MR) is 103 cm³/mol. The molecule has 0 aliphatic carbocycles. The summed E-state index contributed by atoms with van der Waals surface area (Å²) < 4.78 is 14.2. The molecule has 0 saturated heterocycles. The number of nitrogens with zero attached hydrogens (tertiary/aromatic N) is 1. The number of anilines is 1. The smallest absolute Gasteiger partial charge is 0.255 e. The number of fused-ring (bicyclic) bond motifs is 1. The van der Waals surface area contributed by atoms with E-state index in [1.165, 1.54) is 4.90 Å². The van der Waals surface area contributed by atoms with Crippen molar-refractivity contribution in [3.8, 4) is 0 Å². The van der Waals surface area contributed by atoms with Crippen molar-refractivity contribution >= 4 is 23.4 Å². The number of hydrogen-bond donors (Lipinski definition) is 2. The van der Waals surface area contributed by atoms with E-state index in [1.54, 1.807) is 44.2 Å². The maximum absolute atomic E-state index is 14.2. The zero-order valence-electron chi connectivity index (χ0n) is 15.8. The van der Waals surface area contributed by atoms with Crippen molar-refractivity contribution in [1.82, 2.24) is 10.2 Å². The number of nitrogens with one attached hydrogen (secondary N) is 2. The molecule has 0 unspecified atom stereocenters. The van der Waals surface area contributed by atoms with Crippen LogP contribution in [0.1, 0.15) is 40.4 Å². The summed E-state index contributed by atoms with van der Waals surface area (Å²) in [7, 11) is 0. The number of amides is 3. The largest absolute Gasteiger partial charge is 0.381 e. The van der Waals surface area contributed by atoms with E-state index < -0.39 is 5.91 Å². The Kier molecular flexibility index (Phi) is 5.73. The van der Waals surface area contributed by atoms with Gasteiger partial charge in [0.25, 0.3) is 5.91 Å². The number of hydrogen-bond acceptors (Lipinski definition) is 4. The first-order chi connectivity index (χ1) is 13.4. The standard InChI is InChI=1S/C21H22FN3O3/c1-3-18(26)24-19(27)12-25-11-16-15(21(25)28)8-5-9-17(16)23-10-14-7-4-6-13(2)20(14)22/h4-9,23H,3,10-12H2,1-2H3,(H,24,26,27). The van der Waals surface area contributed by atoms with Crippen molar-refractivity contribution < 1.29 is 18.8 Å². The highest BCUT2D eigenvalue weighted by molar-refractivity contribution is 6.03. The van der Waals surface area contributed by atoms with Gasteiger partial charge in [0, 0.05) is 41.9 Å². The van der Waals surface area contributed by atoms with E-state index in [0.717, 1.165) is 11.3 Å². The monoisotopic (exact) mass is 383 g/mol. The zero-order valence-corrected chi connectivity index (χ0v) is 15.8. The third-order valence-corrected chi connectivity index (χ3v) is 4.72. The minimum atomic E-state index is -0.510. The van der Waals surface area contributed by atoms with Gasteiger partial charge in [-0.25, -0.2) is 4.39 Å². The highest BCUT2D eigenvalue weighted by Gasteiger charge is 2.30. The van der Waals surface area contributed by atoms with E-state index in [2.05, 4.69) is 10.6 Å². The van der Waals surface area contributed by atoms with Gasteiger partial charge in [-0.15, -0.1) is 0 Å². The number of benzene rings is 2. The minimum absolute atomic E-state index is 0.189. The first-order valence-electron chi connectivity index (χ1n) is 9.12. The maximum atomic E-state index is 14.2. The molecular formula is C21H22FN3O3. The lowest BCUT2D eigenvalue weighted by Gasteiger charge is -2.15. The second-order valence-corrected chi connectivity index (χ2v) is 6.72. The van der Waals surface area contributed by atoms with Crippen LogP contribution in [0.2, 0.25) is 0 Å². The molecule has 1 aliphatic heterocycles. The molecule has 6 nitrogen and oxygen atoms in total. The lowest BCUT2D eigenvalue weighted by molar-refractivity contribution is -0.130. The highest BCUT2D eigenvalue weighted by atomic mass is 19.1. The average molecular weight is 383 g/mol. The molecule has 3 rings (SSSR count). The molecule has 3 amide bonds. The summed E-state index contributed by atoms with van der Waals surface area (Å²) in [4.78, 5) is 37.3. The van der Waals surface area contributed by atoms with Gasteiger partial charge in [0.15, 0.2) is 0 Å². The van der Waals surface area contributed by atoms with Crippen LogP contribution in [-0.4, -0.2) is 29.2 Å². The summed E-state index contributed by atoms with van der Waals surface area (Å²) in [6, 6.07) is 10.5. The molecular weight excluding hydrogens is 361 g/mol. The van der Waals surface area contributed by atoms with Crippen LogP contribution in [0, 0.1) is 12.7 Å². The van der Waals surface area contributed by atoms with Crippen molar-refractivity contribution in [3.63, 3.8) is 0 Å². The van der Waals surface area contributed by atoms with E-state index in [4.69, 9.17) is 0 Å². The summed E-state index contributed by atoms with van der Waals surface area (Å²) >= 11 is 0. The Morgan fingerprint density at radius 3 is 2.64 bits per heavy atom. The summed E-state index contributed by atoms with van der Waals surface area (Å²) in [5, 5.41) is 5.44. The molecule has 0 spiro atoms. The molecule has 2 aromatic rings. The van der Waals surface area contributed by atoms with Crippen LogP contribution in [0.4, 0.5) is 10.1 Å². The third kappa shape index (κ3) is 4.03. The lowest BCUT2D eigenvalue weighted by atomic mass is 10.1. The van der Waals surface area contributed by atoms with Crippen molar-refractivity contribution in [1.29, 1.82) is 0 Å². The van der Waals surface area contributed by atoms with E-state index in [9.17, 15) is 18.8 Å². The Morgan fingerprint density at radius 2 is 1.89 bits per heavy atom. The number of carbonyl (C=O) groups is 3. The molecule has 0 bridgehead atoms. The van der Waals surface area contributed by atoms with Gasteiger partial charge >= 0.3 is 0 Å². The average Bonchev–Trinajstić information content (AvgIpc) is 2.99. The molecule has 146 valence electrons. The number of carbonyl (C=O) groups excluding carboxylic acids is 3. The highest BCUT2D eigenvalue weighted by Crippen LogP contribution is 2.29. The Balaban J connectivity index is 1.72. The Labute approximate surface area is 162 Å². The normalized spacial score (nSPS) is 12.7. The summed E-state index contributed by atoms with van der Waals surface area (Å²) in [5.74, 6) is -1.40. The summed E-state index contributed by atoms with van der Waals surface area (Å²) in [5.41, 5.74) is 3.10. The quantitative estimate of drug-likeness (QED) is 0.804. The first-order valence-corrected chi connectivity index (χ1v) is 9.12. The molecule has 0 fully saturated rings. The van der Waals surface area contributed by atoms with Gasteiger partial charge in [0.1, 0.15) is 12.4 Å². The fraction of sp³-hybridized carbons (Fsp3) is 0.286. The fourth-order valence-corrected chi connectivity index (χ4v) is 3.18. The topological polar surface area (TPSA) is 78.5 Å². The molecule has 0 aromatic heterocycles. The first kappa shape index (κ1) is 19.5. The molecule has 0 atom stereocenters. The Hall–Kier alpha value is -3.22. The molecule has 0 radical (unpaired) electrons. The summed E-state index contributed by atoms with van der Waals surface area (Å²) in [6.07, 6.45) is 0.198. The van der Waals surface area contributed by atoms with Gasteiger partial charge in [0.05, 0.1) is 0 Å². The van der Waals surface area contributed by atoms with Gasteiger partial charge in [-0.1, -0.05) is 31.2 Å². The van der Waals surface area contributed by atoms with Crippen LogP contribution in [0.25, 0.3) is 0 Å². The molecule has 2 aromatic carbocycles. The molecule has 0 saturated carbocycles. The van der Waals surface area contributed by atoms with Crippen LogP contribution in [0.3, 0.4) is 0 Å². The number of aryl methyl sites for hydroxylation is 1. The van der Waals surface area contributed by atoms with Crippen LogP contribution < -0.4 is 10.6 Å². The van der Waals surface area contributed by atoms with Crippen LogP contribution >= 0.6 is 0 Å². The maximum Gasteiger partial charge on any atom is 0.255 e. The molecule has 1 aliphatic rings. The molecule has 1 heterocycles. The molecule has 28 heavy (non-hydrogen) atoms. The summed E-state index contributed by atoms with van der Waals surface area (Å²) in [6.45, 7) is 3.70. The SMILES string of the molecule is CCC(=O)NC(=O)CN1Cc2c(NCc3cccc(C)c3F)cccc2C1=O. The number of halogens is 1. The zero-order chi connectivity index (χ0) is 20.3. The van der Waals surface area contributed by atoms with Crippen LogP contribution in [-0.2, 0) is 22.7 Å². The third-order valence-electron chi connectivity index (χ3n) is 4.72. The van der Waals surface area contributed by atoms with E-state index in [0.29, 0.717) is 16.7 Å². The van der Waals surface area contributed by atoms with Gasteiger partial charge in [0.2, 0.25) is 11.8 Å². The van der Waals surface area contributed by atoms with Crippen molar-refractivity contribution in [2.24, 2.45) is 0 Å². The number of rotatable bonds is 6. The van der Waals surface area contributed by atoms with Gasteiger partial charge in [-0.2, -0.15) is 0 Å². The van der Waals surface area contributed by atoms with E-state index in [-0.39, 0.29) is 43.7 Å². The Morgan fingerprint density at radius 1 is 1.14 bits per heavy atom. The minimum Gasteiger partial charge on any atom is -0.381 e. The second-order valence-electron chi connectivity index (χ2n) is 6.72. The fourth-order valence-electron chi connectivity index (χ4n) is 3.18. The van der Waals surface area contributed by atoms with Crippen molar-refractivity contribution in [2.75, 3.05) is 11.9 Å². The van der Waals surface area contributed by atoms with Crippen LogP contribution in [0.5, 0.6) is 0 Å². The van der Waals surface area contributed by atoms with Crippen molar-refractivity contribution in [3.05, 3.63) is 64.5 Å². The van der Waals surface area contributed by atoms with Crippen LogP contribution in [0.15, 0.2) is 36.4 Å². The lowest BCUT2D eigenvalue weighted by Crippen LogP contribution is -2.39. The Bertz CT molecular complexity index is 942. The van der Waals surface area contributed by atoms with Gasteiger partial charge < -0.3 is 10.2 Å². The second kappa shape index (κ2) is 8.21. The van der Waals surface area contributed by atoms with Gasteiger partial charge in [-0.05, 0) is 24.6 Å². The van der Waals surface area contributed by atoms with Gasteiger partial charge in [-0.3, -0.25) is 19.7 Å². The van der Waals surface area contributed by atoms with Crippen molar-refractivity contribution in [2.45, 2.75) is 33.4 Å². The number of imide groups is 1. The molecule has 2 N–H and O–H groups in total. The predicted octanol–water partition coefficient (Wildman–Crippen LogP) is 2.75. The van der Waals surface area contributed by atoms with E-state index >= 15 is 0 Å².